The zero-order valence-electron chi connectivity index (χ0n) is 15.2. The van der Waals surface area contributed by atoms with E-state index in [0.717, 1.165) is 0 Å². The van der Waals surface area contributed by atoms with Crippen LogP contribution in [0.25, 0.3) is 17.4 Å². The second-order valence-corrected chi connectivity index (χ2v) is 6.50. The number of furan rings is 1. The van der Waals surface area contributed by atoms with Gasteiger partial charge in [0.05, 0.1) is 17.7 Å². The Labute approximate surface area is 171 Å². The van der Waals surface area contributed by atoms with Gasteiger partial charge in [-0.2, -0.15) is 0 Å². The molecule has 0 unspecified atom stereocenters. The van der Waals surface area contributed by atoms with Gasteiger partial charge < -0.3 is 13.9 Å². The second kappa shape index (κ2) is 7.77. The first-order valence-electron chi connectivity index (χ1n) is 8.61. The Morgan fingerprint density at radius 1 is 1.07 bits per heavy atom. The van der Waals surface area contributed by atoms with Crippen LogP contribution in [-0.2, 0) is 14.3 Å². The number of ether oxygens (including phenoxy) is 2. The molecule has 1 aliphatic rings. The predicted molar refractivity (Wildman–Crippen MR) is 108 cm³/mol. The minimum absolute atomic E-state index is 0.135. The lowest BCUT2D eigenvalue weighted by Gasteiger charge is -2.04. The number of methoxy groups -OCH3 is 1. The van der Waals surface area contributed by atoms with Gasteiger partial charge in [0.1, 0.15) is 11.5 Å². The monoisotopic (exact) mass is 407 g/mol. The van der Waals surface area contributed by atoms with Crippen LogP contribution in [0.4, 0.5) is 0 Å². The Balaban J connectivity index is 1.62. The molecular formula is C22H14ClNO5. The van der Waals surface area contributed by atoms with Gasteiger partial charge in [0, 0.05) is 17.2 Å². The number of nitrogens with zero attached hydrogens (tertiary/aromatic N) is 1. The van der Waals surface area contributed by atoms with E-state index in [1.807, 2.05) is 18.2 Å². The molecule has 6 nitrogen and oxygen atoms in total. The fourth-order valence-corrected chi connectivity index (χ4v) is 2.97. The summed E-state index contributed by atoms with van der Waals surface area (Å²) in [4.78, 5) is 28.2. The highest BCUT2D eigenvalue weighted by atomic mass is 35.5. The summed E-state index contributed by atoms with van der Waals surface area (Å²) in [5.74, 6) is 0.0643. The lowest BCUT2D eigenvalue weighted by atomic mass is 10.1. The summed E-state index contributed by atoms with van der Waals surface area (Å²) >= 11 is 6.05. The highest BCUT2D eigenvalue weighted by Gasteiger charge is 2.24. The maximum absolute atomic E-state index is 12.1. The third-order valence-corrected chi connectivity index (χ3v) is 4.53. The molecule has 2 heterocycles. The van der Waals surface area contributed by atoms with Crippen molar-refractivity contribution < 1.29 is 23.5 Å². The van der Waals surface area contributed by atoms with Crippen LogP contribution in [0.5, 0.6) is 0 Å². The molecule has 0 fully saturated rings. The number of cyclic esters (lactones) is 1. The largest absolute Gasteiger partial charge is 0.465 e. The number of benzene rings is 2. The van der Waals surface area contributed by atoms with Crippen molar-refractivity contribution in [2.24, 2.45) is 4.99 Å². The number of halogens is 1. The maximum Gasteiger partial charge on any atom is 0.363 e. The lowest BCUT2D eigenvalue weighted by molar-refractivity contribution is -0.129. The molecule has 3 aromatic rings. The van der Waals surface area contributed by atoms with Gasteiger partial charge in [-0.1, -0.05) is 29.8 Å². The fourth-order valence-electron chi connectivity index (χ4n) is 2.78. The van der Waals surface area contributed by atoms with E-state index in [4.69, 9.17) is 25.5 Å². The first-order valence-corrected chi connectivity index (χ1v) is 8.99. The van der Waals surface area contributed by atoms with Crippen LogP contribution < -0.4 is 0 Å². The van der Waals surface area contributed by atoms with Gasteiger partial charge in [-0.25, -0.2) is 14.6 Å². The van der Waals surface area contributed by atoms with Gasteiger partial charge >= 0.3 is 11.9 Å². The first kappa shape index (κ1) is 18.7. The molecule has 4 rings (SSSR count). The fraction of sp³-hybridized carbons (Fsp3) is 0.0455. The standard InChI is InChI=1S/C22H14ClNO5/c1-27-21(25)16-11-14(7-9-17(16)23)19-10-8-15(28-19)12-18-22(26)29-20(24-18)13-5-3-2-4-6-13/h2-12H,1H3/b18-12+. The van der Waals surface area contributed by atoms with Gasteiger partial charge in [-0.15, -0.1) is 0 Å². The van der Waals surface area contributed by atoms with Crippen molar-refractivity contribution in [3.8, 4) is 11.3 Å². The second-order valence-electron chi connectivity index (χ2n) is 6.09. The summed E-state index contributed by atoms with van der Waals surface area (Å²) in [7, 11) is 1.29. The molecule has 0 bridgehead atoms. The smallest absolute Gasteiger partial charge is 0.363 e. The summed E-state index contributed by atoms with van der Waals surface area (Å²) in [5.41, 5.74) is 1.72. The number of carbonyl (C=O) groups excluding carboxylic acids is 2. The van der Waals surface area contributed by atoms with Crippen LogP contribution in [0.3, 0.4) is 0 Å². The minimum Gasteiger partial charge on any atom is -0.465 e. The summed E-state index contributed by atoms with van der Waals surface area (Å²) in [6.45, 7) is 0. The van der Waals surface area contributed by atoms with Gasteiger partial charge in [0.15, 0.2) is 5.70 Å². The van der Waals surface area contributed by atoms with E-state index >= 15 is 0 Å². The summed E-state index contributed by atoms with van der Waals surface area (Å²) in [5, 5.41) is 0.283. The topological polar surface area (TPSA) is 78.1 Å². The average molecular weight is 408 g/mol. The van der Waals surface area contributed by atoms with Crippen molar-refractivity contribution in [2.75, 3.05) is 7.11 Å². The third kappa shape index (κ3) is 3.83. The number of hydrogen-bond acceptors (Lipinski definition) is 6. The van der Waals surface area contributed by atoms with E-state index in [1.165, 1.54) is 13.2 Å². The van der Waals surface area contributed by atoms with Crippen molar-refractivity contribution in [3.63, 3.8) is 0 Å². The zero-order chi connectivity index (χ0) is 20.4. The van der Waals surface area contributed by atoms with Crippen molar-refractivity contribution >= 4 is 35.5 Å². The Bertz CT molecular complexity index is 1160. The number of rotatable bonds is 4. The van der Waals surface area contributed by atoms with Crippen molar-refractivity contribution in [1.29, 1.82) is 0 Å². The van der Waals surface area contributed by atoms with Gasteiger partial charge in [-0.3, -0.25) is 0 Å². The van der Waals surface area contributed by atoms with E-state index in [9.17, 15) is 9.59 Å². The molecule has 0 atom stereocenters. The highest BCUT2D eigenvalue weighted by Crippen LogP contribution is 2.28. The Morgan fingerprint density at radius 3 is 2.62 bits per heavy atom. The molecule has 1 aromatic heterocycles. The number of aliphatic imine (C=N–C) groups is 1. The molecule has 0 saturated carbocycles. The van der Waals surface area contributed by atoms with Crippen molar-refractivity contribution in [3.05, 3.63) is 88.3 Å². The van der Waals surface area contributed by atoms with Crippen LogP contribution in [0.1, 0.15) is 21.7 Å². The summed E-state index contributed by atoms with van der Waals surface area (Å²) < 4.78 is 15.7. The van der Waals surface area contributed by atoms with E-state index in [2.05, 4.69) is 4.99 Å². The van der Waals surface area contributed by atoms with Crippen LogP contribution in [0.2, 0.25) is 5.02 Å². The molecule has 0 amide bonds. The van der Waals surface area contributed by atoms with E-state index in [-0.39, 0.29) is 22.2 Å². The third-order valence-electron chi connectivity index (χ3n) is 4.20. The average Bonchev–Trinajstić information content (AvgIpc) is 3.36. The van der Waals surface area contributed by atoms with Crippen LogP contribution >= 0.6 is 11.6 Å². The molecule has 1 aliphatic heterocycles. The van der Waals surface area contributed by atoms with Crippen molar-refractivity contribution in [1.82, 2.24) is 0 Å². The Kier molecular flexibility index (Phi) is 5.01. The number of esters is 2. The summed E-state index contributed by atoms with van der Waals surface area (Å²) in [6, 6.07) is 17.5. The molecule has 0 radical (unpaired) electrons. The molecule has 0 spiro atoms. The maximum atomic E-state index is 12.1. The molecule has 7 heteroatoms. The molecule has 2 aromatic carbocycles. The number of carbonyl (C=O) groups is 2. The van der Waals surface area contributed by atoms with E-state index < -0.39 is 11.9 Å². The first-order chi connectivity index (χ1) is 14.0. The van der Waals surface area contributed by atoms with Crippen LogP contribution in [0, 0.1) is 0 Å². The molecular weight excluding hydrogens is 394 g/mol. The Morgan fingerprint density at radius 2 is 1.86 bits per heavy atom. The molecule has 0 N–H and O–H groups in total. The van der Waals surface area contributed by atoms with Crippen LogP contribution in [-0.4, -0.2) is 24.9 Å². The SMILES string of the molecule is COC(=O)c1cc(-c2ccc(/C=C3/N=C(c4ccccc4)OC3=O)o2)ccc1Cl. The van der Waals surface area contributed by atoms with Crippen molar-refractivity contribution in [2.45, 2.75) is 0 Å². The summed E-state index contributed by atoms with van der Waals surface area (Å²) in [6.07, 6.45) is 1.50. The predicted octanol–water partition coefficient (Wildman–Crippen LogP) is 4.73. The minimum atomic E-state index is -0.554. The van der Waals surface area contributed by atoms with Crippen LogP contribution in [0.15, 0.2) is 75.8 Å². The Hall–Kier alpha value is -3.64. The quantitative estimate of drug-likeness (QED) is 0.461. The molecule has 0 aliphatic carbocycles. The van der Waals surface area contributed by atoms with Gasteiger partial charge in [0.2, 0.25) is 5.90 Å². The zero-order valence-corrected chi connectivity index (χ0v) is 16.0. The molecule has 29 heavy (non-hydrogen) atoms. The van der Waals surface area contributed by atoms with E-state index in [0.29, 0.717) is 22.6 Å². The normalized spacial score (nSPS) is 14.6. The highest BCUT2D eigenvalue weighted by molar-refractivity contribution is 6.33. The molecule has 0 saturated heterocycles. The lowest BCUT2D eigenvalue weighted by Crippen LogP contribution is -2.04. The van der Waals surface area contributed by atoms with E-state index in [1.54, 1.807) is 42.5 Å². The molecule has 144 valence electrons. The number of hydrogen-bond donors (Lipinski definition) is 0. The van der Waals surface area contributed by atoms with Gasteiger partial charge in [-0.05, 0) is 42.5 Å². The van der Waals surface area contributed by atoms with Gasteiger partial charge in [0.25, 0.3) is 0 Å².